The van der Waals surface area contributed by atoms with E-state index in [0.717, 1.165) is 48.0 Å². The van der Waals surface area contributed by atoms with Crippen LogP contribution in [0.1, 0.15) is 36.2 Å². The van der Waals surface area contributed by atoms with Gasteiger partial charge in [-0.3, -0.25) is 4.79 Å². The Morgan fingerprint density at radius 1 is 1.26 bits per heavy atom. The van der Waals surface area contributed by atoms with Crippen LogP contribution < -0.4 is 5.73 Å². The Bertz CT molecular complexity index is 583. The van der Waals surface area contributed by atoms with Crippen LogP contribution in [0.4, 0.5) is 0 Å². The van der Waals surface area contributed by atoms with Gasteiger partial charge in [0.1, 0.15) is 0 Å². The van der Waals surface area contributed by atoms with Crippen molar-refractivity contribution in [2.75, 3.05) is 19.3 Å². The molecule has 1 aliphatic heterocycles. The summed E-state index contributed by atoms with van der Waals surface area (Å²) in [7, 11) is 0. The summed E-state index contributed by atoms with van der Waals surface area (Å²) in [5.41, 5.74) is 9.27. The molecular formula is C17H26N4OS. The van der Waals surface area contributed by atoms with Gasteiger partial charge in [-0.25, -0.2) is 9.97 Å². The molecule has 1 saturated heterocycles. The van der Waals surface area contributed by atoms with Crippen LogP contribution in [0.5, 0.6) is 0 Å². The molecule has 2 N–H and O–H groups in total. The Hall–Kier alpha value is -1.14. The molecule has 126 valence electrons. The number of hydrogen-bond donors (Lipinski definition) is 1. The van der Waals surface area contributed by atoms with Crippen LogP contribution >= 0.6 is 11.8 Å². The van der Waals surface area contributed by atoms with Crippen LogP contribution in [-0.4, -0.2) is 46.2 Å². The summed E-state index contributed by atoms with van der Waals surface area (Å²) in [4.78, 5) is 23.6. The molecule has 2 heterocycles. The molecule has 3 atom stereocenters. The second-order valence-corrected chi connectivity index (χ2v) is 7.60. The molecule has 23 heavy (non-hydrogen) atoms. The number of nitrogens with zero attached hydrogens (tertiary/aromatic N) is 3. The molecule has 1 aromatic heterocycles. The number of thioether (sulfide) groups is 1. The highest BCUT2D eigenvalue weighted by molar-refractivity contribution is 7.98. The quantitative estimate of drug-likeness (QED) is 0.673. The topological polar surface area (TPSA) is 72.1 Å². The summed E-state index contributed by atoms with van der Waals surface area (Å²) < 4.78 is 0. The zero-order valence-electron chi connectivity index (χ0n) is 14.2. The third-order valence-electron chi connectivity index (χ3n) is 5.44. The van der Waals surface area contributed by atoms with Gasteiger partial charge in [0, 0.05) is 36.9 Å². The minimum Gasteiger partial charge on any atom is -0.342 e. The van der Waals surface area contributed by atoms with Gasteiger partial charge in [-0.1, -0.05) is 11.8 Å². The first-order valence-corrected chi connectivity index (χ1v) is 9.63. The van der Waals surface area contributed by atoms with Crippen LogP contribution in [0, 0.1) is 25.7 Å². The zero-order chi connectivity index (χ0) is 16.6. The average Bonchev–Trinajstić information content (AvgIpc) is 3.08. The van der Waals surface area contributed by atoms with Crippen molar-refractivity contribution in [1.82, 2.24) is 14.9 Å². The van der Waals surface area contributed by atoms with Crippen molar-refractivity contribution in [2.24, 2.45) is 17.6 Å². The van der Waals surface area contributed by atoms with Crippen LogP contribution in [0.3, 0.4) is 0 Å². The van der Waals surface area contributed by atoms with E-state index in [9.17, 15) is 4.79 Å². The number of hydrogen-bond acceptors (Lipinski definition) is 5. The molecule has 0 aromatic carbocycles. The van der Waals surface area contributed by atoms with Crippen LogP contribution in [0.15, 0.2) is 5.16 Å². The third-order valence-corrected chi connectivity index (χ3v) is 5.98. The second kappa shape index (κ2) is 6.77. The first-order valence-electron chi connectivity index (χ1n) is 8.41. The Morgan fingerprint density at radius 2 is 1.96 bits per heavy atom. The van der Waals surface area contributed by atoms with Crippen molar-refractivity contribution >= 4 is 17.7 Å². The van der Waals surface area contributed by atoms with Gasteiger partial charge in [0.2, 0.25) is 5.91 Å². The Labute approximate surface area is 142 Å². The Morgan fingerprint density at radius 3 is 2.57 bits per heavy atom. The summed E-state index contributed by atoms with van der Waals surface area (Å²) in [5.74, 6) is 1.40. The Balaban J connectivity index is 1.60. The molecule has 1 amide bonds. The van der Waals surface area contributed by atoms with Gasteiger partial charge < -0.3 is 10.6 Å². The largest absolute Gasteiger partial charge is 0.342 e. The summed E-state index contributed by atoms with van der Waals surface area (Å²) >= 11 is 1.55. The van der Waals surface area contributed by atoms with Crippen molar-refractivity contribution < 1.29 is 4.79 Å². The molecule has 2 fully saturated rings. The lowest BCUT2D eigenvalue weighted by atomic mass is 9.98. The van der Waals surface area contributed by atoms with Crippen molar-refractivity contribution in [3.63, 3.8) is 0 Å². The highest BCUT2D eigenvalue weighted by Crippen LogP contribution is 2.37. The van der Waals surface area contributed by atoms with E-state index < -0.39 is 0 Å². The lowest BCUT2D eigenvalue weighted by Gasteiger charge is -2.19. The predicted octanol–water partition coefficient (Wildman–Crippen LogP) is 1.94. The van der Waals surface area contributed by atoms with Gasteiger partial charge in [-0.15, -0.1) is 0 Å². The minimum absolute atomic E-state index is 0.249. The van der Waals surface area contributed by atoms with E-state index in [2.05, 4.69) is 9.97 Å². The van der Waals surface area contributed by atoms with Gasteiger partial charge >= 0.3 is 0 Å². The zero-order valence-corrected chi connectivity index (χ0v) is 15.0. The average molecular weight is 334 g/mol. The van der Waals surface area contributed by atoms with Gasteiger partial charge in [0.25, 0.3) is 0 Å². The molecule has 2 aliphatic rings. The summed E-state index contributed by atoms with van der Waals surface area (Å²) in [5, 5.41) is 0.802. The van der Waals surface area contributed by atoms with E-state index in [1.165, 1.54) is 6.42 Å². The van der Waals surface area contributed by atoms with Gasteiger partial charge in [0.05, 0.1) is 0 Å². The fourth-order valence-corrected chi connectivity index (χ4v) is 4.52. The second-order valence-electron chi connectivity index (χ2n) is 6.82. The fourth-order valence-electron chi connectivity index (χ4n) is 4.06. The van der Waals surface area contributed by atoms with Gasteiger partial charge in [-0.05, 0) is 56.8 Å². The van der Waals surface area contributed by atoms with Crippen LogP contribution in [0.2, 0.25) is 0 Å². The molecule has 3 unspecified atom stereocenters. The normalized spacial score (nSPS) is 26.6. The van der Waals surface area contributed by atoms with Crippen molar-refractivity contribution in [1.29, 1.82) is 0 Å². The lowest BCUT2D eigenvalue weighted by Crippen LogP contribution is -2.33. The third kappa shape index (κ3) is 3.38. The molecule has 0 spiro atoms. The minimum atomic E-state index is 0.249. The van der Waals surface area contributed by atoms with E-state index in [1.54, 1.807) is 11.8 Å². The maximum Gasteiger partial charge on any atom is 0.222 e. The number of rotatable bonds is 4. The number of aryl methyl sites for hydroxylation is 2. The molecular weight excluding hydrogens is 308 g/mol. The lowest BCUT2D eigenvalue weighted by molar-refractivity contribution is -0.130. The number of likely N-dealkylation sites (tertiary alicyclic amines) is 1. The first kappa shape index (κ1) is 16.7. The summed E-state index contributed by atoms with van der Waals surface area (Å²) in [6.07, 6.45) is 5.54. The molecule has 6 heteroatoms. The highest BCUT2D eigenvalue weighted by atomic mass is 32.2. The summed E-state index contributed by atoms with van der Waals surface area (Å²) in [6, 6.07) is 0.287. The van der Waals surface area contributed by atoms with E-state index in [4.69, 9.17) is 5.73 Å². The summed E-state index contributed by atoms with van der Waals surface area (Å²) in [6.45, 7) is 5.77. The van der Waals surface area contributed by atoms with Gasteiger partial charge in [0.15, 0.2) is 5.16 Å². The molecule has 0 bridgehead atoms. The number of nitrogens with two attached hydrogens (primary N) is 1. The van der Waals surface area contributed by atoms with Crippen molar-refractivity contribution in [3.8, 4) is 0 Å². The highest BCUT2D eigenvalue weighted by Gasteiger charge is 2.42. The van der Waals surface area contributed by atoms with Gasteiger partial charge in [-0.2, -0.15) is 0 Å². The smallest absolute Gasteiger partial charge is 0.222 e. The SMILES string of the molecule is CSc1nc(C)c(CCC(=O)N2CC3CCC(N)C3C2)c(C)n1. The number of amides is 1. The maximum absolute atomic E-state index is 12.5. The number of carbonyl (C=O) groups excluding carboxylic acids is 1. The first-order chi connectivity index (χ1) is 11.0. The number of carbonyl (C=O) groups is 1. The molecule has 0 radical (unpaired) electrons. The standard InChI is InChI=1S/C17H26N4OS/c1-10-13(11(2)20-17(19-10)23-3)5-7-16(22)21-8-12-4-6-15(18)14(12)9-21/h12,14-15H,4-9,18H2,1-3H3. The number of aromatic nitrogens is 2. The van der Waals surface area contributed by atoms with E-state index in [0.29, 0.717) is 18.3 Å². The molecule has 3 rings (SSSR count). The van der Waals surface area contributed by atoms with Crippen molar-refractivity contribution in [2.45, 2.75) is 50.7 Å². The fraction of sp³-hybridized carbons (Fsp3) is 0.706. The van der Waals surface area contributed by atoms with Crippen LogP contribution in [-0.2, 0) is 11.2 Å². The molecule has 1 saturated carbocycles. The molecule has 5 nitrogen and oxygen atoms in total. The predicted molar refractivity (Wildman–Crippen MR) is 92.4 cm³/mol. The van der Waals surface area contributed by atoms with Crippen molar-refractivity contribution in [3.05, 3.63) is 17.0 Å². The maximum atomic E-state index is 12.5. The van der Waals surface area contributed by atoms with E-state index in [1.807, 2.05) is 25.0 Å². The van der Waals surface area contributed by atoms with E-state index in [-0.39, 0.29) is 11.9 Å². The molecule has 1 aromatic rings. The molecule has 1 aliphatic carbocycles. The van der Waals surface area contributed by atoms with E-state index >= 15 is 0 Å². The Kier molecular flexibility index (Phi) is 4.92. The monoisotopic (exact) mass is 334 g/mol. The van der Waals surface area contributed by atoms with Crippen LogP contribution in [0.25, 0.3) is 0 Å². The number of fused-ring (bicyclic) bond motifs is 1.